The normalized spacial score (nSPS) is 16.5. The number of hydrogen-bond acceptors (Lipinski definition) is 4. The topological polar surface area (TPSA) is 67.2 Å². The molecule has 0 unspecified atom stereocenters. The fourth-order valence-corrected chi connectivity index (χ4v) is 5.46. The van der Waals surface area contributed by atoms with E-state index in [1.807, 2.05) is 0 Å². The minimum atomic E-state index is -0.610. The Balaban J connectivity index is 0.00000274. The van der Waals surface area contributed by atoms with Crippen LogP contribution in [0.25, 0.3) is 6.08 Å². The summed E-state index contributed by atoms with van der Waals surface area (Å²) in [4.78, 5) is 29.0. The number of aryl methyl sites for hydroxylation is 2. The van der Waals surface area contributed by atoms with Crippen LogP contribution in [0.15, 0.2) is 53.4 Å². The third-order valence-corrected chi connectivity index (χ3v) is 7.36. The first-order chi connectivity index (χ1) is 15.9. The molecule has 2 aromatic carbocycles. The van der Waals surface area contributed by atoms with Crippen molar-refractivity contribution in [2.45, 2.75) is 38.1 Å². The van der Waals surface area contributed by atoms with Gasteiger partial charge in [-0.15, -0.1) is 11.8 Å². The van der Waals surface area contributed by atoms with Gasteiger partial charge in [0.15, 0.2) is 0 Å². The van der Waals surface area contributed by atoms with E-state index >= 15 is 0 Å². The second-order valence-electron chi connectivity index (χ2n) is 8.67. The minimum Gasteiger partial charge on any atom is -0.338 e. The molecular weight excluding hydrogens is 444 g/mol. The molecule has 1 aliphatic heterocycles. The van der Waals surface area contributed by atoms with Gasteiger partial charge in [0, 0.05) is 31.2 Å². The molecule has 1 aromatic heterocycles. The molecule has 0 bridgehead atoms. The molecule has 0 saturated carbocycles. The van der Waals surface area contributed by atoms with Crippen molar-refractivity contribution in [1.82, 2.24) is 15.1 Å². The summed E-state index contributed by atoms with van der Waals surface area (Å²) in [5, 5.41) is 7.46. The minimum absolute atomic E-state index is 0. The van der Waals surface area contributed by atoms with Gasteiger partial charge in [0.2, 0.25) is 5.91 Å². The number of carbonyl (C=O) groups is 2. The smallest absolute Gasteiger partial charge is 0.270 e. The van der Waals surface area contributed by atoms with Gasteiger partial charge in [0.1, 0.15) is 11.7 Å². The van der Waals surface area contributed by atoms with E-state index in [1.54, 1.807) is 41.5 Å². The lowest BCUT2D eigenvalue weighted by Gasteiger charge is -2.22. The number of rotatable bonds is 4. The molecule has 6 nitrogen and oxygen atoms in total. The molecule has 5 rings (SSSR count). The van der Waals surface area contributed by atoms with E-state index in [0.29, 0.717) is 17.9 Å². The van der Waals surface area contributed by atoms with Gasteiger partial charge in [-0.1, -0.05) is 49.4 Å². The van der Waals surface area contributed by atoms with Gasteiger partial charge < -0.3 is 10.2 Å². The van der Waals surface area contributed by atoms with Gasteiger partial charge in [0.05, 0.1) is 11.4 Å². The Morgan fingerprint density at radius 1 is 1.18 bits per heavy atom. The van der Waals surface area contributed by atoms with Gasteiger partial charge in [-0.25, -0.2) is 0 Å². The molecule has 0 radical (unpaired) electrons. The summed E-state index contributed by atoms with van der Waals surface area (Å²) >= 11 is 1.61. The summed E-state index contributed by atoms with van der Waals surface area (Å²) in [6.07, 6.45) is 5.81. The molecule has 2 heterocycles. The number of likely N-dealkylation sites (N-methyl/N-ethyl adjacent to an activating group) is 1. The van der Waals surface area contributed by atoms with Crippen molar-refractivity contribution in [3.63, 3.8) is 0 Å². The predicted molar refractivity (Wildman–Crippen MR) is 138 cm³/mol. The summed E-state index contributed by atoms with van der Waals surface area (Å²) in [6.45, 7) is 2.06. The monoisotopic (exact) mass is 474 g/mol. The van der Waals surface area contributed by atoms with E-state index in [1.165, 1.54) is 11.1 Å². The average molecular weight is 475 g/mol. The Labute approximate surface area is 205 Å². The SMILES string of the molecule is C.Cc1ccc(Cc2cc(C(=O)N[C@H]3CSc4cc5c(cc4N(C)C3=O)C=CC5)n(C)n2)cc1. The molecule has 0 spiro atoms. The predicted octanol–water partition coefficient (Wildman–Crippen LogP) is 4.39. The number of nitrogens with zero attached hydrogens (tertiary/aromatic N) is 3. The first-order valence-corrected chi connectivity index (χ1v) is 12.0. The van der Waals surface area contributed by atoms with Gasteiger partial charge in [-0.05, 0) is 48.2 Å². The summed E-state index contributed by atoms with van der Waals surface area (Å²) in [7, 11) is 3.54. The third kappa shape index (κ3) is 4.53. The van der Waals surface area contributed by atoms with E-state index in [2.05, 4.69) is 65.9 Å². The second-order valence-corrected chi connectivity index (χ2v) is 9.73. The summed E-state index contributed by atoms with van der Waals surface area (Å²) < 4.78 is 1.59. The molecule has 34 heavy (non-hydrogen) atoms. The number of aromatic nitrogens is 2. The fourth-order valence-electron chi connectivity index (χ4n) is 4.32. The van der Waals surface area contributed by atoms with Crippen molar-refractivity contribution in [2.24, 2.45) is 7.05 Å². The molecule has 0 fully saturated rings. The van der Waals surface area contributed by atoms with Crippen molar-refractivity contribution in [1.29, 1.82) is 0 Å². The van der Waals surface area contributed by atoms with Gasteiger partial charge in [-0.3, -0.25) is 14.3 Å². The number of allylic oxidation sites excluding steroid dienone is 1. The highest BCUT2D eigenvalue weighted by Gasteiger charge is 2.31. The van der Waals surface area contributed by atoms with E-state index in [0.717, 1.165) is 33.8 Å². The highest BCUT2D eigenvalue weighted by atomic mass is 32.2. The lowest BCUT2D eigenvalue weighted by atomic mass is 10.1. The van der Waals surface area contributed by atoms with Gasteiger partial charge in [0.25, 0.3) is 5.91 Å². The van der Waals surface area contributed by atoms with Crippen molar-refractivity contribution < 1.29 is 9.59 Å². The lowest BCUT2D eigenvalue weighted by Crippen LogP contribution is -2.48. The quantitative estimate of drug-likeness (QED) is 0.609. The Morgan fingerprint density at radius 3 is 2.71 bits per heavy atom. The Kier molecular flexibility index (Phi) is 6.66. The number of nitrogens with one attached hydrogen (secondary N) is 1. The maximum Gasteiger partial charge on any atom is 0.270 e. The van der Waals surface area contributed by atoms with Crippen LogP contribution in [0.1, 0.15) is 45.9 Å². The van der Waals surface area contributed by atoms with Crippen LogP contribution >= 0.6 is 11.8 Å². The zero-order valence-corrected chi connectivity index (χ0v) is 19.8. The summed E-state index contributed by atoms with van der Waals surface area (Å²) in [5.41, 5.74) is 6.95. The van der Waals surface area contributed by atoms with Crippen LogP contribution in [0.5, 0.6) is 0 Å². The van der Waals surface area contributed by atoms with Crippen LogP contribution < -0.4 is 10.2 Å². The first-order valence-electron chi connectivity index (χ1n) is 11.0. The Morgan fingerprint density at radius 2 is 1.94 bits per heavy atom. The number of fused-ring (bicyclic) bond motifs is 2. The van der Waals surface area contributed by atoms with Crippen LogP contribution in [0.4, 0.5) is 5.69 Å². The number of anilines is 1. The molecular formula is C27H30N4O2S. The van der Waals surface area contributed by atoms with Crippen molar-refractivity contribution in [3.05, 3.63) is 82.2 Å². The van der Waals surface area contributed by atoms with Gasteiger partial charge >= 0.3 is 0 Å². The molecule has 1 N–H and O–H groups in total. The van der Waals surface area contributed by atoms with Crippen molar-refractivity contribution in [3.8, 4) is 0 Å². The number of carbonyl (C=O) groups excluding carboxylic acids is 2. The molecule has 2 aliphatic rings. The van der Waals surface area contributed by atoms with E-state index < -0.39 is 6.04 Å². The van der Waals surface area contributed by atoms with Crippen LogP contribution in [-0.2, 0) is 24.7 Å². The molecule has 3 aromatic rings. The second kappa shape index (κ2) is 9.50. The molecule has 7 heteroatoms. The van der Waals surface area contributed by atoms with Crippen LogP contribution in [0.2, 0.25) is 0 Å². The van der Waals surface area contributed by atoms with Crippen LogP contribution in [0, 0.1) is 6.92 Å². The lowest BCUT2D eigenvalue weighted by molar-refractivity contribution is -0.119. The van der Waals surface area contributed by atoms with Crippen LogP contribution in [0.3, 0.4) is 0 Å². The highest BCUT2D eigenvalue weighted by Crippen LogP contribution is 2.38. The van der Waals surface area contributed by atoms with E-state index in [4.69, 9.17) is 0 Å². The maximum atomic E-state index is 13.2. The third-order valence-electron chi connectivity index (χ3n) is 6.23. The Hall–Kier alpha value is -3.32. The zero-order chi connectivity index (χ0) is 23.1. The van der Waals surface area contributed by atoms with Crippen molar-refractivity contribution in [2.75, 3.05) is 17.7 Å². The van der Waals surface area contributed by atoms with Gasteiger partial charge in [-0.2, -0.15) is 5.10 Å². The average Bonchev–Trinajstić information content (AvgIpc) is 3.39. The summed E-state index contributed by atoms with van der Waals surface area (Å²) in [5.74, 6) is 0.0878. The Bertz CT molecular complexity index is 1280. The number of amides is 2. The number of hydrogen-bond donors (Lipinski definition) is 1. The number of thioether (sulfide) groups is 1. The zero-order valence-electron chi connectivity index (χ0n) is 19.0. The maximum absolute atomic E-state index is 13.2. The standard InChI is InChI=1S/C26H26N4O2S.CH4/c1-16-7-9-17(10-8-16)11-20-14-23(30(3)28-20)25(31)27-21-15-33-24-13-19-6-4-5-18(19)12-22(24)29(2)26(21)32;/h4-5,7-10,12-14,21H,6,11,15H2,1-3H3,(H,27,31);1H4/t21-;/m0./s1. The molecule has 0 saturated heterocycles. The molecule has 2 amide bonds. The highest BCUT2D eigenvalue weighted by molar-refractivity contribution is 7.99. The van der Waals surface area contributed by atoms with E-state index in [9.17, 15) is 9.59 Å². The van der Waals surface area contributed by atoms with Crippen LogP contribution in [-0.4, -0.2) is 40.4 Å². The first kappa shape index (κ1) is 23.8. The largest absolute Gasteiger partial charge is 0.338 e. The van der Waals surface area contributed by atoms with Crippen molar-refractivity contribution >= 4 is 35.3 Å². The molecule has 1 aliphatic carbocycles. The summed E-state index contributed by atoms with van der Waals surface area (Å²) in [6, 6.07) is 13.7. The fraction of sp³-hybridized carbons (Fsp3) is 0.296. The van der Waals surface area contributed by atoms with E-state index in [-0.39, 0.29) is 19.2 Å². The molecule has 176 valence electrons. The number of benzene rings is 2. The molecule has 1 atom stereocenters.